The van der Waals surface area contributed by atoms with E-state index in [4.69, 9.17) is 13.8 Å². The summed E-state index contributed by atoms with van der Waals surface area (Å²) in [5, 5.41) is 3.05. The maximum Gasteiger partial charge on any atom is 0.306 e. The molecular formula is C73H141N2O7P. The van der Waals surface area contributed by atoms with Crippen LogP contribution in [0.2, 0.25) is 0 Å². The van der Waals surface area contributed by atoms with Gasteiger partial charge in [0.25, 0.3) is 7.82 Å². The van der Waals surface area contributed by atoms with Crippen molar-refractivity contribution >= 4 is 19.7 Å². The molecule has 3 atom stereocenters. The van der Waals surface area contributed by atoms with E-state index in [0.29, 0.717) is 17.4 Å². The SMILES string of the molecule is CCCCCCCC/C=C/CCCCCCCCCCCCCCCCCCCC(=O)NC(COP(=O)([O-])OCC[N+](C)(C)C)C(/C=C\CCCCCCCCCCCCC)OC(=O)CCCCCCCCC/C=C/CCCCCCCC. The molecule has 1 N–H and O–H groups in total. The Morgan fingerprint density at radius 3 is 1.02 bits per heavy atom. The van der Waals surface area contributed by atoms with Crippen LogP contribution in [0.25, 0.3) is 0 Å². The van der Waals surface area contributed by atoms with E-state index in [1.165, 1.54) is 263 Å². The minimum atomic E-state index is -4.70. The lowest BCUT2D eigenvalue weighted by Crippen LogP contribution is -2.47. The summed E-state index contributed by atoms with van der Waals surface area (Å²) in [4.78, 5) is 40.2. The Labute approximate surface area is 516 Å². The summed E-state index contributed by atoms with van der Waals surface area (Å²) in [6, 6.07) is -0.887. The third-order valence-corrected chi connectivity index (χ3v) is 17.5. The van der Waals surface area contributed by atoms with Gasteiger partial charge in [-0.05, 0) is 83.1 Å². The van der Waals surface area contributed by atoms with E-state index in [2.05, 4.69) is 50.4 Å². The molecule has 0 radical (unpaired) electrons. The summed E-state index contributed by atoms with van der Waals surface area (Å²) >= 11 is 0. The number of hydrogen-bond donors (Lipinski definition) is 1. The molecule has 0 rings (SSSR count). The van der Waals surface area contributed by atoms with Gasteiger partial charge in [0.05, 0.1) is 33.8 Å². The standard InChI is InChI=1S/C73H141N2O7P/c1-7-10-13-16-19-22-25-28-30-32-33-34-35-36-37-38-39-40-41-43-44-47-50-53-56-59-62-65-72(76)74-70(69-81-83(78,79)80-68-67-75(4,5)6)71(64-61-58-55-52-49-46-27-24-21-18-15-12-9-3)82-73(77)66-63-60-57-54-51-48-45-42-31-29-26-23-20-17-14-11-8-2/h28-31,61,64,70-71H,7-27,32-60,62-63,65-69H2,1-6H3,(H-,74,76,78,79)/b30-28+,31-29+,64-61-. The monoisotopic (exact) mass is 1190 g/mol. The van der Waals surface area contributed by atoms with Crippen molar-refractivity contribution in [3.63, 3.8) is 0 Å². The quantitative estimate of drug-likeness (QED) is 0.0212. The fourth-order valence-electron chi connectivity index (χ4n) is 10.9. The summed E-state index contributed by atoms with van der Waals surface area (Å²) in [5.41, 5.74) is 0. The lowest BCUT2D eigenvalue weighted by molar-refractivity contribution is -0.870. The number of unbranched alkanes of at least 4 members (excludes halogenated alkanes) is 47. The number of amides is 1. The number of nitrogens with one attached hydrogen (secondary N) is 1. The molecule has 490 valence electrons. The zero-order valence-electron chi connectivity index (χ0n) is 56.2. The minimum absolute atomic E-state index is 0.0202. The van der Waals surface area contributed by atoms with Gasteiger partial charge in [-0.3, -0.25) is 14.2 Å². The smallest absolute Gasteiger partial charge is 0.306 e. The number of nitrogens with zero attached hydrogens (tertiary/aromatic N) is 1. The van der Waals surface area contributed by atoms with Crippen LogP contribution in [0, 0.1) is 0 Å². The average Bonchev–Trinajstić information content (AvgIpc) is 3.47. The van der Waals surface area contributed by atoms with Crippen LogP contribution >= 0.6 is 7.82 Å². The molecule has 0 saturated heterocycles. The largest absolute Gasteiger partial charge is 0.756 e. The summed E-state index contributed by atoms with van der Waals surface area (Å²) in [7, 11) is 1.20. The molecule has 0 aliphatic carbocycles. The molecule has 83 heavy (non-hydrogen) atoms. The van der Waals surface area contributed by atoms with Crippen LogP contribution in [-0.4, -0.2) is 69.4 Å². The van der Waals surface area contributed by atoms with Gasteiger partial charge < -0.3 is 28.5 Å². The molecular weight excluding hydrogens is 1050 g/mol. The Kier molecular flexibility index (Phi) is 61.9. The van der Waals surface area contributed by atoms with Crippen LogP contribution in [0.5, 0.6) is 0 Å². The van der Waals surface area contributed by atoms with E-state index in [1.807, 2.05) is 33.3 Å². The first-order valence-electron chi connectivity index (χ1n) is 36.3. The molecule has 0 bridgehead atoms. The van der Waals surface area contributed by atoms with E-state index < -0.39 is 20.0 Å². The number of quaternary nitrogens is 1. The molecule has 1 amide bonds. The second kappa shape index (κ2) is 63.3. The van der Waals surface area contributed by atoms with Gasteiger partial charge in [-0.15, -0.1) is 0 Å². The molecule has 0 heterocycles. The van der Waals surface area contributed by atoms with Gasteiger partial charge in [0, 0.05) is 12.8 Å². The normalized spacial score (nSPS) is 13.7. The number of phosphoric ester groups is 1. The molecule has 3 unspecified atom stereocenters. The maximum atomic E-state index is 13.6. The topological polar surface area (TPSA) is 114 Å². The molecule has 0 aromatic rings. The van der Waals surface area contributed by atoms with Crippen molar-refractivity contribution < 1.29 is 37.3 Å². The van der Waals surface area contributed by atoms with Crippen molar-refractivity contribution in [2.45, 2.75) is 380 Å². The van der Waals surface area contributed by atoms with Crippen molar-refractivity contribution in [1.82, 2.24) is 5.32 Å². The van der Waals surface area contributed by atoms with Crippen molar-refractivity contribution in [2.75, 3.05) is 40.9 Å². The summed E-state index contributed by atoms with van der Waals surface area (Å²) < 4.78 is 30.5. The van der Waals surface area contributed by atoms with Gasteiger partial charge in [0.15, 0.2) is 0 Å². The van der Waals surface area contributed by atoms with Gasteiger partial charge in [0.2, 0.25) is 5.91 Å². The van der Waals surface area contributed by atoms with Gasteiger partial charge >= 0.3 is 5.97 Å². The lowest BCUT2D eigenvalue weighted by Gasteiger charge is -2.30. The first kappa shape index (κ1) is 81.2. The molecule has 0 aliphatic rings. The van der Waals surface area contributed by atoms with Gasteiger partial charge in [-0.1, -0.05) is 308 Å². The molecule has 0 fully saturated rings. The molecule has 0 aromatic carbocycles. The Hall–Kier alpha value is -1.77. The zero-order valence-corrected chi connectivity index (χ0v) is 57.1. The van der Waals surface area contributed by atoms with E-state index in [0.717, 1.165) is 70.6 Å². The number of hydrogen-bond acceptors (Lipinski definition) is 7. The maximum absolute atomic E-state index is 13.6. The van der Waals surface area contributed by atoms with Gasteiger partial charge in [-0.25, -0.2) is 0 Å². The molecule has 0 saturated carbocycles. The number of likely N-dealkylation sites (N-methyl/N-ethyl adjacent to an activating group) is 1. The average molecular weight is 1190 g/mol. The lowest BCUT2D eigenvalue weighted by atomic mass is 10.0. The van der Waals surface area contributed by atoms with E-state index in [-0.39, 0.29) is 31.5 Å². The highest BCUT2D eigenvalue weighted by Crippen LogP contribution is 2.38. The van der Waals surface area contributed by atoms with Crippen molar-refractivity contribution in [3.8, 4) is 0 Å². The van der Waals surface area contributed by atoms with Crippen molar-refractivity contribution in [2.24, 2.45) is 0 Å². The number of rotatable bonds is 67. The predicted octanol–water partition coefficient (Wildman–Crippen LogP) is 22.4. The van der Waals surface area contributed by atoms with Crippen LogP contribution in [0.4, 0.5) is 0 Å². The van der Waals surface area contributed by atoms with Crippen molar-refractivity contribution in [1.29, 1.82) is 0 Å². The second-order valence-corrected chi connectivity index (χ2v) is 27.5. The number of esters is 1. The highest BCUT2D eigenvalue weighted by molar-refractivity contribution is 7.45. The highest BCUT2D eigenvalue weighted by atomic mass is 31.2. The van der Waals surface area contributed by atoms with E-state index in [1.54, 1.807) is 0 Å². The molecule has 10 heteroatoms. The van der Waals surface area contributed by atoms with E-state index >= 15 is 0 Å². The number of carbonyl (C=O) groups is 2. The van der Waals surface area contributed by atoms with Crippen LogP contribution in [0.3, 0.4) is 0 Å². The molecule has 0 aliphatic heterocycles. The zero-order chi connectivity index (χ0) is 60.7. The van der Waals surface area contributed by atoms with E-state index in [9.17, 15) is 19.0 Å². The second-order valence-electron chi connectivity index (χ2n) is 26.1. The first-order chi connectivity index (χ1) is 40.4. The molecule has 9 nitrogen and oxygen atoms in total. The predicted molar refractivity (Wildman–Crippen MR) is 358 cm³/mol. The van der Waals surface area contributed by atoms with Crippen LogP contribution in [0.1, 0.15) is 367 Å². The third kappa shape index (κ3) is 64.5. The highest BCUT2D eigenvalue weighted by Gasteiger charge is 2.27. The van der Waals surface area contributed by atoms with Crippen LogP contribution in [0.15, 0.2) is 36.5 Å². The molecule has 0 aromatic heterocycles. The fraction of sp³-hybridized carbons (Fsp3) is 0.890. The molecule has 0 spiro atoms. The fourth-order valence-corrected chi connectivity index (χ4v) is 11.7. The minimum Gasteiger partial charge on any atom is -0.756 e. The Bertz CT molecular complexity index is 1510. The Balaban J connectivity index is 5.00. The van der Waals surface area contributed by atoms with Crippen molar-refractivity contribution in [3.05, 3.63) is 36.5 Å². The summed E-state index contributed by atoms with van der Waals surface area (Å²) in [6.45, 7) is 6.89. The Morgan fingerprint density at radius 2 is 0.699 bits per heavy atom. The number of ether oxygens (including phenoxy) is 1. The van der Waals surface area contributed by atoms with Gasteiger partial charge in [-0.2, -0.15) is 0 Å². The number of phosphoric acid groups is 1. The van der Waals surface area contributed by atoms with Crippen LogP contribution < -0.4 is 10.2 Å². The number of carbonyl (C=O) groups excluding carboxylic acids is 2. The Morgan fingerprint density at radius 1 is 0.410 bits per heavy atom. The third-order valence-electron chi connectivity index (χ3n) is 16.5. The number of allylic oxidation sites excluding steroid dienone is 5. The summed E-state index contributed by atoms with van der Waals surface area (Å²) in [6.07, 6.45) is 78.4. The van der Waals surface area contributed by atoms with Gasteiger partial charge in [0.1, 0.15) is 19.3 Å². The van der Waals surface area contributed by atoms with Crippen LogP contribution in [-0.2, 0) is 27.9 Å². The first-order valence-corrected chi connectivity index (χ1v) is 37.8. The summed E-state index contributed by atoms with van der Waals surface area (Å²) in [5.74, 6) is -0.526.